The maximum atomic E-state index is 5.14. The lowest BCUT2D eigenvalue weighted by atomic mass is 10.1. The van der Waals surface area contributed by atoms with Gasteiger partial charge in [-0.25, -0.2) is 4.98 Å². The smallest absolute Gasteiger partial charge is 0.118 e. The fourth-order valence-corrected chi connectivity index (χ4v) is 2.54. The topological polar surface area (TPSA) is 22.1 Å². The summed E-state index contributed by atoms with van der Waals surface area (Å²) in [4.78, 5) is 4.33. The molecule has 0 radical (unpaired) electrons. The predicted molar refractivity (Wildman–Crippen MR) is 81.5 cm³/mol. The molecule has 1 heterocycles. The zero-order valence-electron chi connectivity index (χ0n) is 10.5. The van der Waals surface area contributed by atoms with Crippen molar-refractivity contribution in [2.75, 3.05) is 7.11 Å². The summed E-state index contributed by atoms with van der Waals surface area (Å²) in [6.45, 7) is 0. The van der Waals surface area contributed by atoms with E-state index in [1.807, 2.05) is 29.8 Å². The van der Waals surface area contributed by atoms with Gasteiger partial charge in [-0.15, -0.1) is 11.3 Å². The van der Waals surface area contributed by atoms with Crippen LogP contribution in [-0.2, 0) is 0 Å². The molecule has 1 aromatic heterocycles. The molecule has 19 heavy (non-hydrogen) atoms. The Morgan fingerprint density at radius 2 is 1.74 bits per heavy atom. The van der Waals surface area contributed by atoms with Crippen molar-refractivity contribution in [1.29, 1.82) is 0 Å². The number of aromatic nitrogens is 1. The zero-order chi connectivity index (χ0) is 13.1. The van der Waals surface area contributed by atoms with Crippen LogP contribution in [0.3, 0.4) is 0 Å². The lowest BCUT2D eigenvalue weighted by Gasteiger charge is -1.99. The summed E-state index contributed by atoms with van der Waals surface area (Å²) in [5, 5.41) is 0. The third-order valence-electron chi connectivity index (χ3n) is 2.94. The van der Waals surface area contributed by atoms with E-state index >= 15 is 0 Å². The Kier molecular flexibility index (Phi) is 3.29. The van der Waals surface area contributed by atoms with Crippen LogP contribution in [0.15, 0.2) is 48.0 Å². The second-order valence-corrected chi connectivity index (χ2v) is 5.07. The van der Waals surface area contributed by atoms with Crippen LogP contribution in [0.5, 0.6) is 5.75 Å². The maximum absolute atomic E-state index is 5.14. The third-order valence-corrected chi connectivity index (χ3v) is 3.75. The summed E-state index contributed by atoms with van der Waals surface area (Å²) in [5.74, 6) is 0.876. The standard InChI is InChI=1S/C16H13NOS/c1-18-14-7-4-12(5-8-14)2-3-13-6-9-16-15(10-13)17-11-19-16/h2-11H,1H3/b3-2+. The fraction of sp³-hybridized carbons (Fsp3) is 0.0625. The number of nitrogens with zero attached hydrogens (tertiary/aromatic N) is 1. The molecule has 0 aliphatic rings. The van der Waals surface area contributed by atoms with Gasteiger partial charge in [0.2, 0.25) is 0 Å². The number of fused-ring (bicyclic) bond motifs is 1. The summed E-state index contributed by atoms with van der Waals surface area (Å²) in [7, 11) is 1.67. The third kappa shape index (κ3) is 2.66. The molecule has 0 aliphatic carbocycles. The van der Waals surface area contributed by atoms with Crippen LogP contribution in [-0.4, -0.2) is 12.1 Å². The van der Waals surface area contributed by atoms with E-state index in [1.54, 1.807) is 18.4 Å². The zero-order valence-corrected chi connectivity index (χ0v) is 11.4. The number of hydrogen-bond acceptors (Lipinski definition) is 3. The van der Waals surface area contributed by atoms with E-state index in [-0.39, 0.29) is 0 Å². The minimum atomic E-state index is 0.876. The summed E-state index contributed by atoms with van der Waals surface area (Å²) >= 11 is 1.67. The molecule has 2 aromatic carbocycles. The Morgan fingerprint density at radius 1 is 1.00 bits per heavy atom. The Hall–Kier alpha value is -2.13. The number of ether oxygens (including phenoxy) is 1. The van der Waals surface area contributed by atoms with E-state index in [1.165, 1.54) is 4.70 Å². The summed E-state index contributed by atoms with van der Waals surface area (Å²) < 4.78 is 6.36. The highest BCUT2D eigenvalue weighted by molar-refractivity contribution is 7.16. The normalized spacial score (nSPS) is 11.2. The Labute approximate surface area is 116 Å². The van der Waals surface area contributed by atoms with E-state index in [2.05, 4.69) is 35.3 Å². The summed E-state index contributed by atoms with van der Waals surface area (Å²) in [5.41, 5.74) is 5.25. The summed E-state index contributed by atoms with van der Waals surface area (Å²) in [6.07, 6.45) is 4.19. The molecule has 0 bridgehead atoms. The van der Waals surface area contributed by atoms with E-state index in [9.17, 15) is 0 Å². The van der Waals surface area contributed by atoms with Gasteiger partial charge in [0.15, 0.2) is 0 Å². The highest BCUT2D eigenvalue weighted by Gasteiger charge is 1.96. The Balaban J connectivity index is 1.84. The van der Waals surface area contributed by atoms with Crippen LogP contribution in [0.4, 0.5) is 0 Å². The molecule has 0 atom stereocenters. The molecule has 0 N–H and O–H groups in total. The lowest BCUT2D eigenvalue weighted by molar-refractivity contribution is 0.415. The van der Waals surface area contributed by atoms with E-state index in [0.29, 0.717) is 0 Å². The molecular weight excluding hydrogens is 254 g/mol. The average molecular weight is 267 g/mol. The van der Waals surface area contributed by atoms with Gasteiger partial charge in [0.1, 0.15) is 5.75 Å². The van der Waals surface area contributed by atoms with Crippen LogP contribution in [0.2, 0.25) is 0 Å². The van der Waals surface area contributed by atoms with Gasteiger partial charge in [-0.1, -0.05) is 30.4 Å². The molecular formula is C16H13NOS. The van der Waals surface area contributed by atoms with Crippen molar-refractivity contribution in [2.24, 2.45) is 0 Å². The first-order chi connectivity index (χ1) is 9.35. The fourth-order valence-electron chi connectivity index (χ4n) is 1.89. The highest BCUT2D eigenvalue weighted by atomic mass is 32.1. The molecule has 94 valence electrons. The van der Waals surface area contributed by atoms with Crippen LogP contribution < -0.4 is 4.74 Å². The quantitative estimate of drug-likeness (QED) is 0.653. The van der Waals surface area contributed by atoms with Crippen LogP contribution in [0.25, 0.3) is 22.4 Å². The van der Waals surface area contributed by atoms with Gasteiger partial charge in [-0.2, -0.15) is 0 Å². The molecule has 2 nitrogen and oxygen atoms in total. The van der Waals surface area contributed by atoms with Crippen molar-refractivity contribution >= 4 is 33.7 Å². The van der Waals surface area contributed by atoms with Crippen molar-refractivity contribution in [3.63, 3.8) is 0 Å². The van der Waals surface area contributed by atoms with Crippen molar-refractivity contribution in [3.8, 4) is 5.75 Å². The monoisotopic (exact) mass is 267 g/mol. The largest absolute Gasteiger partial charge is 0.497 e. The molecule has 0 saturated carbocycles. The molecule has 3 aromatic rings. The first-order valence-corrected chi connectivity index (χ1v) is 6.88. The van der Waals surface area contributed by atoms with E-state index in [0.717, 1.165) is 22.4 Å². The SMILES string of the molecule is COc1ccc(/C=C/c2ccc3scnc3c2)cc1. The molecule has 0 aliphatic heterocycles. The number of methoxy groups -OCH3 is 1. The van der Waals surface area contributed by atoms with E-state index < -0.39 is 0 Å². The second kappa shape index (κ2) is 5.24. The number of thiazole rings is 1. The van der Waals surface area contributed by atoms with Gasteiger partial charge in [0, 0.05) is 0 Å². The number of rotatable bonds is 3. The first-order valence-electron chi connectivity index (χ1n) is 6.00. The lowest BCUT2D eigenvalue weighted by Crippen LogP contribution is -1.81. The Bertz CT molecular complexity index is 713. The van der Waals surface area contributed by atoms with Gasteiger partial charge >= 0.3 is 0 Å². The van der Waals surface area contributed by atoms with Crippen molar-refractivity contribution < 1.29 is 4.74 Å². The summed E-state index contributed by atoms with van der Waals surface area (Å²) in [6, 6.07) is 14.3. The first kappa shape index (κ1) is 11.9. The van der Waals surface area contributed by atoms with Crippen LogP contribution >= 0.6 is 11.3 Å². The number of benzene rings is 2. The van der Waals surface area contributed by atoms with Crippen molar-refractivity contribution in [2.45, 2.75) is 0 Å². The van der Waals surface area contributed by atoms with Gasteiger partial charge in [-0.05, 0) is 35.4 Å². The van der Waals surface area contributed by atoms with Crippen LogP contribution in [0, 0.1) is 0 Å². The Morgan fingerprint density at radius 3 is 2.53 bits per heavy atom. The molecule has 3 heteroatoms. The van der Waals surface area contributed by atoms with Gasteiger partial charge in [-0.3, -0.25) is 0 Å². The maximum Gasteiger partial charge on any atom is 0.118 e. The highest BCUT2D eigenvalue weighted by Crippen LogP contribution is 2.20. The molecule has 0 unspecified atom stereocenters. The average Bonchev–Trinajstić information content (AvgIpc) is 2.93. The molecule has 3 rings (SSSR count). The van der Waals surface area contributed by atoms with Gasteiger partial charge in [0.05, 0.1) is 22.8 Å². The van der Waals surface area contributed by atoms with Crippen LogP contribution in [0.1, 0.15) is 11.1 Å². The number of hydrogen-bond donors (Lipinski definition) is 0. The van der Waals surface area contributed by atoms with Gasteiger partial charge in [0.25, 0.3) is 0 Å². The molecule has 0 saturated heterocycles. The molecule has 0 spiro atoms. The van der Waals surface area contributed by atoms with E-state index in [4.69, 9.17) is 4.74 Å². The van der Waals surface area contributed by atoms with Crippen molar-refractivity contribution in [1.82, 2.24) is 4.98 Å². The predicted octanol–water partition coefficient (Wildman–Crippen LogP) is 4.48. The van der Waals surface area contributed by atoms with Gasteiger partial charge < -0.3 is 4.74 Å². The van der Waals surface area contributed by atoms with Crippen molar-refractivity contribution in [3.05, 3.63) is 59.1 Å². The molecule has 0 amide bonds. The minimum Gasteiger partial charge on any atom is -0.497 e. The molecule has 0 fully saturated rings. The second-order valence-electron chi connectivity index (χ2n) is 4.19. The minimum absolute atomic E-state index is 0.876.